The third-order valence-electron chi connectivity index (χ3n) is 10.9. The van der Waals surface area contributed by atoms with Crippen LogP contribution in [-0.4, -0.2) is 4.57 Å². The second-order valence-electron chi connectivity index (χ2n) is 13.6. The molecule has 11 rings (SSSR count). The Hall–Kier alpha value is -5.74. The molecule has 0 bridgehead atoms. The Bertz CT molecular complexity index is 2840. The van der Waals surface area contributed by atoms with E-state index < -0.39 is 5.41 Å². The van der Waals surface area contributed by atoms with Gasteiger partial charge in [-0.15, -0.1) is 0 Å². The smallest absolute Gasteiger partial charge is 0.0751 e. The Morgan fingerprint density at radius 3 is 1.75 bits per heavy atom. The van der Waals surface area contributed by atoms with E-state index in [0.717, 1.165) is 0 Å². The summed E-state index contributed by atoms with van der Waals surface area (Å²) in [5.74, 6) is 0. The van der Waals surface area contributed by atoms with E-state index in [1.165, 1.54) is 91.6 Å². The first-order valence-corrected chi connectivity index (χ1v) is 19.4. The molecule has 2 aliphatic heterocycles. The van der Waals surface area contributed by atoms with Gasteiger partial charge in [0.15, 0.2) is 0 Å². The lowest BCUT2D eigenvalue weighted by Crippen LogP contribution is -2.37. The first-order valence-electron chi connectivity index (χ1n) is 17.8. The maximum Gasteiger partial charge on any atom is 0.0751 e. The van der Waals surface area contributed by atoms with E-state index in [0.29, 0.717) is 0 Å². The molecule has 0 fully saturated rings. The maximum atomic E-state index is 2.43. The second kappa shape index (κ2) is 11.6. The summed E-state index contributed by atoms with van der Waals surface area (Å²) in [6.07, 6.45) is 0. The lowest BCUT2D eigenvalue weighted by molar-refractivity contribution is 0.670. The molecule has 9 aromatic rings. The number of benzene rings is 8. The van der Waals surface area contributed by atoms with Crippen LogP contribution in [0.3, 0.4) is 0 Å². The summed E-state index contributed by atoms with van der Waals surface area (Å²) >= 11 is 3.83. The number of hydrogen-bond donors (Lipinski definition) is 0. The van der Waals surface area contributed by atoms with Gasteiger partial charge in [-0.1, -0.05) is 169 Å². The standard InChI is InChI=1S/C49H31NS2/c1-3-16-32(17-4-1)34-21-13-26-40-48(34)52-44-30-12-9-25-39(44)49(40)38-24-8-11-29-43(38)51-45-31-15-23-36(47(45)49)35-22-14-28-42-46(35)37-20-7-10-27-41(37)50(42)33-18-5-2-6-19-33/h1-31H. The van der Waals surface area contributed by atoms with Crippen LogP contribution in [0.4, 0.5) is 0 Å². The summed E-state index contributed by atoms with van der Waals surface area (Å²) in [6.45, 7) is 0. The van der Waals surface area contributed by atoms with Crippen molar-refractivity contribution in [3.8, 4) is 27.9 Å². The van der Waals surface area contributed by atoms with Crippen LogP contribution in [-0.2, 0) is 5.41 Å². The minimum Gasteiger partial charge on any atom is -0.309 e. The normalized spacial score (nSPS) is 15.6. The first kappa shape index (κ1) is 29.9. The summed E-state index contributed by atoms with van der Waals surface area (Å²) in [5.41, 5.74) is 13.5. The average Bonchev–Trinajstić information content (AvgIpc) is 3.56. The minimum atomic E-state index is -0.546. The topological polar surface area (TPSA) is 4.93 Å². The molecule has 3 heterocycles. The molecular weight excluding hydrogens is 667 g/mol. The highest BCUT2D eigenvalue weighted by atomic mass is 32.2. The fourth-order valence-corrected chi connectivity index (χ4v) is 11.5. The lowest BCUT2D eigenvalue weighted by Gasteiger charge is -2.47. The molecule has 0 aliphatic carbocycles. The van der Waals surface area contributed by atoms with Crippen LogP contribution in [0.5, 0.6) is 0 Å². The molecule has 3 heteroatoms. The fourth-order valence-electron chi connectivity index (χ4n) is 8.91. The molecule has 1 unspecified atom stereocenters. The average molecular weight is 698 g/mol. The molecule has 0 N–H and O–H groups in total. The Morgan fingerprint density at radius 2 is 0.942 bits per heavy atom. The number of fused-ring (bicyclic) bond motifs is 11. The monoisotopic (exact) mass is 697 g/mol. The zero-order valence-electron chi connectivity index (χ0n) is 28.2. The van der Waals surface area contributed by atoms with Gasteiger partial charge in [-0.3, -0.25) is 0 Å². The fraction of sp³-hybridized carbons (Fsp3) is 0.0204. The summed E-state index contributed by atoms with van der Waals surface area (Å²) in [4.78, 5) is 5.25. The molecule has 1 aromatic heterocycles. The molecule has 1 spiro atoms. The molecule has 1 atom stereocenters. The highest BCUT2D eigenvalue weighted by Gasteiger charge is 2.50. The second-order valence-corrected chi connectivity index (χ2v) is 15.7. The van der Waals surface area contributed by atoms with Crippen molar-refractivity contribution in [1.82, 2.24) is 4.57 Å². The van der Waals surface area contributed by atoms with Crippen LogP contribution >= 0.6 is 23.5 Å². The maximum absolute atomic E-state index is 2.43. The van der Waals surface area contributed by atoms with Crippen molar-refractivity contribution in [1.29, 1.82) is 0 Å². The van der Waals surface area contributed by atoms with Gasteiger partial charge < -0.3 is 4.57 Å². The van der Waals surface area contributed by atoms with Crippen molar-refractivity contribution in [3.05, 3.63) is 210 Å². The van der Waals surface area contributed by atoms with E-state index in [9.17, 15) is 0 Å². The van der Waals surface area contributed by atoms with Gasteiger partial charge in [0, 0.05) is 36.0 Å². The molecule has 0 amide bonds. The number of hydrogen-bond acceptors (Lipinski definition) is 2. The van der Waals surface area contributed by atoms with E-state index in [4.69, 9.17) is 0 Å². The van der Waals surface area contributed by atoms with Crippen molar-refractivity contribution in [2.45, 2.75) is 25.0 Å². The van der Waals surface area contributed by atoms with Gasteiger partial charge >= 0.3 is 0 Å². The zero-order valence-corrected chi connectivity index (χ0v) is 29.8. The van der Waals surface area contributed by atoms with Crippen LogP contribution in [0, 0.1) is 0 Å². The number of rotatable bonds is 3. The van der Waals surface area contributed by atoms with Gasteiger partial charge in [-0.25, -0.2) is 0 Å². The van der Waals surface area contributed by atoms with Crippen molar-refractivity contribution in [2.24, 2.45) is 0 Å². The highest BCUT2D eigenvalue weighted by Crippen LogP contribution is 2.64. The molecule has 2 aliphatic rings. The molecule has 0 saturated carbocycles. The third kappa shape index (κ3) is 4.15. The van der Waals surface area contributed by atoms with Crippen LogP contribution < -0.4 is 0 Å². The molecule has 0 saturated heterocycles. The molecular formula is C49H31NS2. The summed E-state index contributed by atoms with van der Waals surface area (Å²) < 4.78 is 2.43. The minimum absolute atomic E-state index is 0.546. The first-order chi connectivity index (χ1) is 25.8. The summed E-state index contributed by atoms with van der Waals surface area (Å²) in [7, 11) is 0. The number of para-hydroxylation sites is 2. The highest BCUT2D eigenvalue weighted by molar-refractivity contribution is 8.00. The Labute approximate surface area is 311 Å². The van der Waals surface area contributed by atoms with Gasteiger partial charge in [0.2, 0.25) is 0 Å². The quantitative estimate of drug-likeness (QED) is 0.181. The predicted octanol–water partition coefficient (Wildman–Crippen LogP) is 13.4. The van der Waals surface area contributed by atoms with E-state index in [1.807, 2.05) is 23.5 Å². The van der Waals surface area contributed by atoms with Gasteiger partial charge in [-0.05, 0) is 87.0 Å². The van der Waals surface area contributed by atoms with Crippen molar-refractivity contribution in [2.75, 3.05) is 0 Å². The largest absolute Gasteiger partial charge is 0.309 e. The van der Waals surface area contributed by atoms with E-state index >= 15 is 0 Å². The molecule has 0 radical (unpaired) electrons. The predicted molar refractivity (Wildman–Crippen MR) is 218 cm³/mol. The van der Waals surface area contributed by atoms with Gasteiger partial charge in [-0.2, -0.15) is 0 Å². The Balaban J connectivity index is 1.30. The zero-order chi connectivity index (χ0) is 34.2. The van der Waals surface area contributed by atoms with Crippen LogP contribution in [0.15, 0.2) is 208 Å². The van der Waals surface area contributed by atoms with Crippen molar-refractivity contribution >= 4 is 45.3 Å². The molecule has 8 aromatic carbocycles. The van der Waals surface area contributed by atoms with E-state index in [-0.39, 0.29) is 0 Å². The summed E-state index contributed by atoms with van der Waals surface area (Å²) in [5, 5.41) is 2.55. The third-order valence-corrected chi connectivity index (χ3v) is 13.3. The lowest BCUT2D eigenvalue weighted by atomic mass is 9.62. The summed E-state index contributed by atoms with van der Waals surface area (Å²) in [6, 6.07) is 69.7. The van der Waals surface area contributed by atoms with Gasteiger partial charge in [0.1, 0.15) is 0 Å². The SMILES string of the molecule is c1ccc(-c2cccc3c2Sc2ccccc2C32c3ccccc3Sc3cccc(-c4cccc5c4c4ccccc4n5-c4ccccc4)c32)cc1. The molecule has 1 nitrogen and oxygen atoms in total. The number of nitrogens with zero attached hydrogens (tertiary/aromatic N) is 1. The van der Waals surface area contributed by atoms with E-state index in [2.05, 4.69) is 193 Å². The Kier molecular flexibility index (Phi) is 6.70. The molecule has 244 valence electrons. The molecule has 52 heavy (non-hydrogen) atoms. The number of aromatic nitrogens is 1. The van der Waals surface area contributed by atoms with Gasteiger partial charge in [0.05, 0.1) is 16.4 Å². The van der Waals surface area contributed by atoms with Crippen LogP contribution in [0.25, 0.3) is 49.7 Å². The van der Waals surface area contributed by atoms with Gasteiger partial charge in [0.25, 0.3) is 0 Å². The van der Waals surface area contributed by atoms with E-state index in [1.54, 1.807) is 0 Å². The van der Waals surface area contributed by atoms with Crippen molar-refractivity contribution in [3.63, 3.8) is 0 Å². The van der Waals surface area contributed by atoms with Crippen molar-refractivity contribution < 1.29 is 0 Å². The van der Waals surface area contributed by atoms with Crippen LogP contribution in [0.2, 0.25) is 0 Å². The van der Waals surface area contributed by atoms with Crippen LogP contribution in [0.1, 0.15) is 22.3 Å². The Morgan fingerprint density at radius 1 is 0.385 bits per heavy atom.